The molecular formula is C27H36N4O. The maximum atomic E-state index is 12.8. The van der Waals surface area contributed by atoms with Crippen molar-refractivity contribution in [2.45, 2.75) is 71.4 Å². The van der Waals surface area contributed by atoms with E-state index in [0.29, 0.717) is 17.0 Å². The predicted octanol–water partition coefficient (Wildman–Crippen LogP) is 5.11. The smallest absolute Gasteiger partial charge is 0.253 e. The van der Waals surface area contributed by atoms with Gasteiger partial charge in [-0.05, 0) is 54.5 Å². The maximum Gasteiger partial charge on any atom is 0.253 e. The van der Waals surface area contributed by atoms with Gasteiger partial charge in [-0.25, -0.2) is 0 Å². The van der Waals surface area contributed by atoms with E-state index in [9.17, 15) is 4.79 Å². The molecule has 0 bridgehead atoms. The Morgan fingerprint density at radius 1 is 1.12 bits per heavy atom. The van der Waals surface area contributed by atoms with Crippen molar-refractivity contribution in [3.05, 3.63) is 65.0 Å². The minimum atomic E-state index is -0.00701. The lowest BCUT2D eigenvalue weighted by Gasteiger charge is -2.32. The standard InChI is InChI=1S/C27H36N4O/c1-3-5-21(6-4-2)15-24-16-25(19-29-18-24)27(32)30-26-11-13-31(14-12-26)20-23-9-7-22(17-28)8-10-23/h7-10,16,18-19,21,26H,3-6,11-15,20H2,1-2H3,(H,30,32). The summed E-state index contributed by atoms with van der Waals surface area (Å²) >= 11 is 0. The number of aromatic nitrogens is 1. The molecule has 1 aliphatic rings. The fourth-order valence-electron chi connectivity index (χ4n) is 4.67. The number of nitrogens with zero attached hydrogens (tertiary/aromatic N) is 3. The molecule has 3 rings (SSSR count). The first-order valence-corrected chi connectivity index (χ1v) is 12.1. The minimum Gasteiger partial charge on any atom is -0.349 e. The highest BCUT2D eigenvalue weighted by Crippen LogP contribution is 2.20. The van der Waals surface area contributed by atoms with Crippen LogP contribution in [0.15, 0.2) is 42.7 Å². The lowest BCUT2D eigenvalue weighted by molar-refractivity contribution is 0.0908. The number of carbonyl (C=O) groups is 1. The van der Waals surface area contributed by atoms with E-state index in [-0.39, 0.29) is 11.9 Å². The molecule has 1 N–H and O–H groups in total. The molecule has 0 saturated carbocycles. The van der Waals surface area contributed by atoms with Gasteiger partial charge in [0.05, 0.1) is 17.2 Å². The third-order valence-electron chi connectivity index (χ3n) is 6.39. The molecule has 1 aromatic carbocycles. The predicted molar refractivity (Wildman–Crippen MR) is 128 cm³/mol. The number of nitrogens with one attached hydrogen (secondary N) is 1. The number of rotatable bonds is 10. The number of hydrogen-bond donors (Lipinski definition) is 1. The van der Waals surface area contributed by atoms with Gasteiger partial charge in [-0.1, -0.05) is 51.7 Å². The van der Waals surface area contributed by atoms with Gasteiger partial charge in [0.25, 0.3) is 5.91 Å². The van der Waals surface area contributed by atoms with Crippen molar-refractivity contribution >= 4 is 5.91 Å². The van der Waals surface area contributed by atoms with Crippen molar-refractivity contribution in [3.8, 4) is 6.07 Å². The molecule has 0 aliphatic carbocycles. The Kier molecular flexibility index (Phi) is 9.25. The Labute approximate surface area is 192 Å². The summed E-state index contributed by atoms with van der Waals surface area (Å²) in [6, 6.07) is 12.2. The summed E-state index contributed by atoms with van der Waals surface area (Å²) in [6.45, 7) is 7.27. The number of piperidine rings is 1. The Hall–Kier alpha value is -2.71. The molecule has 2 heterocycles. The Morgan fingerprint density at radius 2 is 1.81 bits per heavy atom. The number of nitriles is 1. The van der Waals surface area contributed by atoms with Crippen LogP contribution in [0, 0.1) is 17.2 Å². The molecule has 1 amide bonds. The van der Waals surface area contributed by atoms with E-state index in [1.54, 1.807) is 6.20 Å². The molecule has 1 fully saturated rings. The molecular weight excluding hydrogens is 396 g/mol. The number of benzene rings is 1. The van der Waals surface area contributed by atoms with Crippen molar-refractivity contribution in [2.24, 2.45) is 5.92 Å². The monoisotopic (exact) mass is 432 g/mol. The number of carbonyl (C=O) groups excluding carboxylic acids is 1. The van der Waals surface area contributed by atoms with Crippen LogP contribution in [0.3, 0.4) is 0 Å². The van der Waals surface area contributed by atoms with Gasteiger partial charge >= 0.3 is 0 Å². The molecule has 2 aromatic rings. The molecule has 1 saturated heterocycles. The van der Waals surface area contributed by atoms with Crippen molar-refractivity contribution in [1.82, 2.24) is 15.2 Å². The highest BCUT2D eigenvalue weighted by Gasteiger charge is 2.21. The Bertz CT molecular complexity index is 889. The average Bonchev–Trinajstić information content (AvgIpc) is 2.81. The Morgan fingerprint density at radius 3 is 2.44 bits per heavy atom. The van der Waals surface area contributed by atoms with E-state index in [1.807, 2.05) is 36.5 Å². The van der Waals surface area contributed by atoms with Gasteiger partial charge in [0.2, 0.25) is 0 Å². The quantitative estimate of drug-likeness (QED) is 0.567. The second-order valence-corrected chi connectivity index (χ2v) is 9.06. The average molecular weight is 433 g/mol. The summed E-state index contributed by atoms with van der Waals surface area (Å²) in [5, 5.41) is 12.2. The second kappa shape index (κ2) is 12.4. The van der Waals surface area contributed by atoms with Crippen molar-refractivity contribution in [3.63, 3.8) is 0 Å². The first kappa shape index (κ1) is 23.9. The number of pyridine rings is 1. The fraction of sp³-hybridized carbons (Fsp3) is 0.519. The molecule has 0 radical (unpaired) electrons. The number of likely N-dealkylation sites (tertiary alicyclic amines) is 1. The Balaban J connectivity index is 1.48. The maximum absolute atomic E-state index is 12.8. The van der Waals surface area contributed by atoms with Gasteiger partial charge in [0.15, 0.2) is 0 Å². The normalized spacial score (nSPS) is 14.9. The highest BCUT2D eigenvalue weighted by atomic mass is 16.1. The van der Waals surface area contributed by atoms with Gasteiger partial charge in [0.1, 0.15) is 0 Å². The van der Waals surface area contributed by atoms with E-state index in [1.165, 1.54) is 36.8 Å². The van der Waals surface area contributed by atoms with Crippen LogP contribution in [-0.2, 0) is 13.0 Å². The summed E-state index contributed by atoms with van der Waals surface area (Å²) in [5.41, 5.74) is 3.76. The van der Waals surface area contributed by atoms with Crippen molar-refractivity contribution < 1.29 is 4.79 Å². The third kappa shape index (κ3) is 7.17. The SMILES string of the molecule is CCCC(CCC)Cc1cncc(C(=O)NC2CCN(Cc3ccc(C#N)cc3)CC2)c1. The summed E-state index contributed by atoms with van der Waals surface area (Å²) in [7, 11) is 0. The zero-order valence-electron chi connectivity index (χ0n) is 19.5. The molecule has 0 spiro atoms. The molecule has 0 atom stereocenters. The summed E-state index contributed by atoms with van der Waals surface area (Å²) in [5.74, 6) is 0.665. The molecule has 5 heteroatoms. The van der Waals surface area contributed by atoms with Crippen LogP contribution in [0.25, 0.3) is 0 Å². The molecule has 170 valence electrons. The molecule has 0 unspecified atom stereocenters. The first-order chi connectivity index (χ1) is 15.6. The van der Waals surface area contributed by atoms with E-state index in [0.717, 1.165) is 38.9 Å². The van der Waals surface area contributed by atoms with E-state index in [2.05, 4.69) is 35.1 Å². The molecule has 1 aliphatic heterocycles. The van der Waals surface area contributed by atoms with Crippen LogP contribution in [0.2, 0.25) is 0 Å². The van der Waals surface area contributed by atoms with Crippen LogP contribution in [-0.4, -0.2) is 34.9 Å². The highest BCUT2D eigenvalue weighted by molar-refractivity contribution is 5.94. The van der Waals surface area contributed by atoms with Crippen molar-refractivity contribution in [1.29, 1.82) is 5.26 Å². The van der Waals surface area contributed by atoms with Gasteiger partial charge in [0, 0.05) is 38.1 Å². The first-order valence-electron chi connectivity index (χ1n) is 12.1. The lowest BCUT2D eigenvalue weighted by Crippen LogP contribution is -2.44. The van der Waals surface area contributed by atoms with Crippen LogP contribution in [0.4, 0.5) is 0 Å². The summed E-state index contributed by atoms with van der Waals surface area (Å²) < 4.78 is 0. The minimum absolute atomic E-state index is 0.00701. The van der Waals surface area contributed by atoms with Crippen LogP contribution >= 0.6 is 0 Å². The third-order valence-corrected chi connectivity index (χ3v) is 6.39. The number of hydrogen-bond acceptors (Lipinski definition) is 4. The largest absolute Gasteiger partial charge is 0.349 e. The van der Waals surface area contributed by atoms with Crippen LogP contribution in [0.1, 0.15) is 79.4 Å². The van der Waals surface area contributed by atoms with E-state index < -0.39 is 0 Å². The van der Waals surface area contributed by atoms with Gasteiger partial charge in [-0.2, -0.15) is 5.26 Å². The second-order valence-electron chi connectivity index (χ2n) is 9.06. The zero-order chi connectivity index (χ0) is 22.8. The summed E-state index contributed by atoms with van der Waals surface area (Å²) in [6.07, 6.45) is 11.4. The molecule has 1 aromatic heterocycles. The van der Waals surface area contributed by atoms with Gasteiger partial charge < -0.3 is 5.32 Å². The van der Waals surface area contributed by atoms with Gasteiger partial charge in [-0.15, -0.1) is 0 Å². The lowest BCUT2D eigenvalue weighted by atomic mass is 9.91. The molecule has 32 heavy (non-hydrogen) atoms. The van der Waals surface area contributed by atoms with Crippen LogP contribution < -0.4 is 5.32 Å². The molecule has 5 nitrogen and oxygen atoms in total. The summed E-state index contributed by atoms with van der Waals surface area (Å²) in [4.78, 5) is 19.6. The number of amides is 1. The van der Waals surface area contributed by atoms with Crippen molar-refractivity contribution in [2.75, 3.05) is 13.1 Å². The van der Waals surface area contributed by atoms with E-state index >= 15 is 0 Å². The zero-order valence-corrected chi connectivity index (χ0v) is 19.5. The van der Waals surface area contributed by atoms with Gasteiger partial charge in [-0.3, -0.25) is 14.7 Å². The topological polar surface area (TPSA) is 69.0 Å². The van der Waals surface area contributed by atoms with E-state index in [4.69, 9.17) is 5.26 Å². The fourth-order valence-corrected chi connectivity index (χ4v) is 4.67. The van der Waals surface area contributed by atoms with Crippen LogP contribution in [0.5, 0.6) is 0 Å².